The van der Waals surface area contributed by atoms with Crippen molar-refractivity contribution >= 4 is 11.6 Å². The van der Waals surface area contributed by atoms with Gasteiger partial charge in [0.25, 0.3) is 5.91 Å². The summed E-state index contributed by atoms with van der Waals surface area (Å²) in [4.78, 5) is 17.7. The number of rotatable bonds is 13. The highest BCUT2D eigenvalue weighted by molar-refractivity contribution is 5.96. The Morgan fingerprint density at radius 2 is 1.83 bits per heavy atom. The average molecular weight is 640 g/mol. The van der Waals surface area contributed by atoms with Crippen LogP contribution in [-0.2, 0) is 32.5 Å². The molecule has 0 atom stereocenters. The molecule has 0 saturated heterocycles. The van der Waals surface area contributed by atoms with E-state index in [1.165, 1.54) is 0 Å². The number of amides is 1. The number of fused-ring (bicyclic) bond motifs is 1. The molecule has 8 rings (SSSR count). The van der Waals surface area contributed by atoms with E-state index < -0.39 is 0 Å². The fourth-order valence-corrected chi connectivity index (χ4v) is 6.41. The van der Waals surface area contributed by atoms with Gasteiger partial charge in [0.1, 0.15) is 17.3 Å². The fraction of sp³-hybridized carbons (Fsp3) is 0.306. The molecule has 2 aromatic carbocycles. The van der Waals surface area contributed by atoms with Crippen molar-refractivity contribution in [3.8, 4) is 16.9 Å². The number of benzene rings is 2. The molecule has 4 aromatic heterocycles. The summed E-state index contributed by atoms with van der Waals surface area (Å²) < 4.78 is 5.93. The van der Waals surface area contributed by atoms with E-state index in [-0.39, 0.29) is 5.91 Å². The molecule has 12 nitrogen and oxygen atoms in total. The second-order valence-corrected chi connectivity index (χ2v) is 12.5. The SMILES string of the molecule is O=C(NCCCc1nnc(C2CC2)n1-c1ccccc1)c1c(Cn2cc(-c3cccc(NCc4ccncc4)c3)nn2)nn2c1CCC2. The topological polar surface area (TPSA) is 133 Å². The molecule has 0 bridgehead atoms. The number of hydrogen-bond donors (Lipinski definition) is 2. The van der Waals surface area contributed by atoms with Crippen molar-refractivity contribution in [2.45, 2.75) is 64.1 Å². The van der Waals surface area contributed by atoms with Crippen LogP contribution in [0.2, 0.25) is 0 Å². The van der Waals surface area contributed by atoms with Gasteiger partial charge in [-0.1, -0.05) is 35.5 Å². The van der Waals surface area contributed by atoms with Crippen molar-refractivity contribution in [2.75, 3.05) is 11.9 Å². The maximum absolute atomic E-state index is 13.7. The van der Waals surface area contributed by atoms with E-state index in [1.807, 2.05) is 59.4 Å². The molecule has 0 unspecified atom stereocenters. The number of aryl methyl sites for hydroxylation is 2. The van der Waals surface area contributed by atoms with Crippen molar-refractivity contribution in [3.63, 3.8) is 0 Å². The highest BCUT2D eigenvalue weighted by Crippen LogP contribution is 2.40. The van der Waals surface area contributed by atoms with Crippen LogP contribution < -0.4 is 10.6 Å². The zero-order valence-electron chi connectivity index (χ0n) is 26.7. The van der Waals surface area contributed by atoms with E-state index in [2.05, 4.69) is 58.9 Å². The molecule has 1 amide bonds. The first-order chi connectivity index (χ1) is 23.7. The molecule has 1 aliphatic carbocycles. The van der Waals surface area contributed by atoms with Gasteiger partial charge in [-0.2, -0.15) is 5.10 Å². The van der Waals surface area contributed by atoms with Gasteiger partial charge in [0.15, 0.2) is 0 Å². The third-order valence-corrected chi connectivity index (χ3v) is 8.97. The predicted molar refractivity (Wildman–Crippen MR) is 181 cm³/mol. The lowest BCUT2D eigenvalue weighted by molar-refractivity contribution is 0.0951. The molecule has 0 radical (unpaired) electrons. The van der Waals surface area contributed by atoms with E-state index in [0.717, 1.165) is 90.6 Å². The number of aromatic nitrogens is 9. The number of nitrogens with one attached hydrogen (secondary N) is 2. The normalized spacial score (nSPS) is 13.8. The Kier molecular flexibility index (Phi) is 8.19. The minimum atomic E-state index is -0.0929. The van der Waals surface area contributed by atoms with E-state index >= 15 is 0 Å². The maximum atomic E-state index is 13.7. The zero-order valence-corrected chi connectivity index (χ0v) is 26.7. The van der Waals surface area contributed by atoms with Gasteiger partial charge < -0.3 is 10.6 Å². The minimum Gasteiger partial charge on any atom is -0.381 e. The first-order valence-corrected chi connectivity index (χ1v) is 16.7. The summed E-state index contributed by atoms with van der Waals surface area (Å²) >= 11 is 0. The largest absolute Gasteiger partial charge is 0.381 e. The Morgan fingerprint density at radius 1 is 0.958 bits per heavy atom. The molecule has 242 valence electrons. The fourth-order valence-electron chi connectivity index (χ4n) is 6.41. The van der Waals surface area contributed by atoms with Gasteiger partial charge in [-0.15, -0.1) is 15.3 Å². The van der Waals surface area contributed by atoms with Crippen LogP contribution in [0, 0.1) is 0 Å². The summed E-state index contributed by atoms with van der Waals surface area (Å²) in [5.41, 5.74) is 7.32. The molecular formula is C36H37N11O. The Morgan fingerprint density at radius 3 is 2.69 bits per heavy atom. The van der Waals surface area contributed by atoms with Crippen LogP contribution in [-0.4, -0.2) is 57.0 Å². The first-order valence-electron chi connectivity index (χ1n) is 16.7. The number of hydrogen-bond acceptors (Lipinski definition) is 8. The third kappa shape index (κ3) is 6.33. The van der Waals surface area contributed by atoms with Gasteiger partial charge in [0.05, 0.1) is 29.7 Å². The minimum absolute atomic E-state index is 0.0929. The zero-order chi connectivity index (χ0) is 32.3. The molecule has 5 heterocycles. The van der Waals surface area contributed by atoms with Gasteiger partial charge in [-0.25, -0.2) is 4.68 Å². The number of pyridine rings is 1. The second kappa shape index (κ2) is 13.2. The standard InChI is InChI=1S/C36H37N11O/c48-36(38-17-5-12-33-41-42-35(26-13-14-26)47(33)29-9-2-1-3-10-29)34-31(43-46-20-6-11-32(34)46)24-45-23-30(40-44-45)27-7-4-8-28(21-27)39-22-25-15-18-37-19-16-25/h1-4,7-10,15-16,18-19,21,23,26,39H,5-6,11-14,17,20,22,24H2,(H,38,48). The van der Waals surface area contributed by atoms with Crippen LogP contribution in [0.4, 0.5) is 5.69 Å². The summed E-state index contributed by atoms with van der Waals surface area (Å²) in [7, 11) is 0. The van der Waals surface area contributed by atoms with Gasteiger partial charge >= 0.3 is 0 Å². The van der Waals surface area contributed by atoms with E-state index in [9.17, 15) is 4.79 Å². The molecule has 2 N–H and O–H groups in total. The number of carbonyl (C=O) groups is 1. The second-order valence-electron chi connectivity index (χ2n) is 12.5. The van der Waals surface area contributed by atoms with Crippen LogP contribution in [0.25, 0.3) is 16.9 Å². The van der Waals surface area contributed by atoms with Crippen molar-refractivity contribution in [3.05, 3.63) is 119 Å². The smallest absolute Gasteiger partial charge is 0.255 e. The predicted octanol–water partition coefficient (Wildman–Crippen LogP) is 4.96. The van der Waals surface area contributed by atoms with Crippen LogP contribution in [0.3, 0.4) is 0 Å². The molecule has 1 aliphatic heterocycles. The third-order valence-electron chi connectivity index (χ3n) is 8.97. The van der Waals surface area contributed by atoms with Gasteiger partial charge in [-0.05, 0) is 74.1 Å². The number of para-hydroxylation sites is 1. The molecule has 1 fully saturated rings. The van der Waals surface area contributed by atoms with Crippen LogP contribution in [0.1, 0.15) is 70.6 Å². The van der Waals surface area contributed by atoms with Crippen molar-refractivity contribution in [1.29, 1.82) is 0 Å². The summed E-state index contributed by atoms with van der Waals surface area (Å²) in [6.07, 6.45) is 11.1. The van der Waals surface area contributed by atoms with Crippen LogP contribution >= 0.6 is 0 Å². The van der Waals surface area contributed by atoms with Crippen LogP contribution in [0.5, 0.6) is 0 Å². The van der Waals surface area contributed by atoms with E-state index in [1.54, 1.807) is 17.1 Å². The van der Waals surface area contributed by atoms with E-state index in [4.69, 9.17) is 5.10 Å². The van der Waals surface area contributed by atoms with Gasteiger partial charge in [-0.3, -0.25) is 19.0 Å². The van der Waals surface area contributed by atoms with Crippen LogP contribution in [0.15, 0.2) is 85.3 Å². The molecule has 1 saturated carbocycles. The lowest BCUT2D eigenvalue weighted by Gasteiger charge is -2.11. The first kappa shape index (κ1) is 29.7. The molecule has 6 aromatic rings. The molecule has 48 heavy (non-hydrogen) atoms. The monoisotopic (exact) mass is 639 g/mol. The molecular weight excluding hydrogens is 602 g/mol. The number of carbonyl (C=O) groups excluding carboxylic acids is 1. The Labute approximate surface area is 278 Å². The number of anilines is 1. The Hall–Kier alpha value is -5.65. The van der Waals surface area contributed by atoms with Gasteiger partial charge in [0, 0.05) is 61.3 Å². The van der Waals surface area contributed by atoms with E-state index in [0.29, 0.717) is 36.8 Å². The lowest BCUT2D eigenvalue weighted by atomic mass is 10.1. The van der Waals surface area contributed by atoms with Crippen molar-refractivity contribution in [2.24, 2.45) is 0 Å². The highest BCUT2D eigenvalue weighted by atomic mass is 16.1. The maximum Gasteiger partial charge on any atom is 0.255 e. The summed E-state index contributed by atoms with van der Waals surface area (Å²) in [6.45, 7) is 2.41. The average Bonchev–Trinajstić information content (AvgIpc) is 3.42. The number of nitrogens with zero attached hydrogens (tertiary/aromatic N) is 9. The molecule has 0 spiro atoms. The molecule has 2 aliphatic rings. The van der Waals surface area contributed by atoms with Crippen molar-refractivity contribution in [1.82, 2.24) is 49.8 Å². The summed E-state index contributed by atoms with van der Waals surface area (Å²) in [5.74, 6) is 2.37. The Balaban J connectivity index is 0.924. The van der Waals surface area contributed by atoms with Gasteiger partial charge in [0.2, 0.25) is 0 Å². The lowest BCUT2D eigenvalue weighted by Crippen LogP contribution is -2.27. The summed E-state index contributed by atoms with van der Waals surface area (Å²) in [5, 5.41) is 29.4. The Bertz CT molecular complexity index is 2030. The summed E-state index contributed by atoms with van der Waals surface area (Å²) in [6, 6.07) is 22.4. The van der Waals surface area contributed by atoms with Crippen molar-refractivity contribution < 1.29 is 4.79 Å². The quantitative estimate of drug-likeness (QED) is 0.169. The highest BCUT2D eigenvalue weighted by Gasteiger charge is 2.31. The molecule has 12 heteroatoms.